The van der Waals surface area contributed by atoms with E-state index in [1.165, 1.54) is 0 Å². The van der Waals surface area contributed by atoms with Crippen molar-refractivity contribution in [2.75, 3.05) is 12.1 Å². The maximum absolute atomic E-state index is 12.3. The number of carbonyl (C=O) groups excluding carboxylic acids is 2. The lowest BCUT2D eigenvalue weighted by molar-refractivity contribution is 0.0817. The highest BCUT2D eigenvalue weighted by molar-refractivity contribution is 6.49. The number of nitrogens with one attached hydrogen (secondary N) is 1. The van der Waals surface area contributed by atoms with Crippen LogP contribution in [0.1, 0.15) is 41.5 Å². The quantitative estimate of drug-likeness (QED) is 0.522. The van der Waals surface area contributed by atoms with Gasteiger partial charge in [-0.3, -0.25) is 9.59 Å². The molecule has 2 aromatic carbocycles. The highest BCUT2D eigenvalue weighted by Gasteiger charge is 2.18. The molecule has 0 saturated heterocycles. The molecule has 4 nitrogen and oxygen atoms in total. The van der Waals surface area contributed by atoms with Crippen LogP contribution in [0.25, 0.3) is 0 Å². The average Bonchev–Trinajstić information content (AvgIpc) is 2.53. The molecule has 120 valence electrons. The zero-order valence-electron chi connectivity index (χ0n) is 14.0. The van der Waals surface area contributed by atoms with Crippen molar-refractivity contribution >= 4 is 17.3 Å². The number of nitrogens with zero attached hydrogens (tertiary/aromatic N) is 1. The number of ketones is 2. The van der Waals surface area contributed by atoms with Crippen LogP contribution in [0.2, 0.25) is 0 Å². The zero-order valence-corrected chi connectivity index (χ0v) is 14.0. The third kappa shape index (κ3) is 4.50. The van der Waals surface area contributed by atoms with Crippen molar-refractivity contribution in [1.29, 1.82) is 0 Å². The largest absolute Gasteiger partial charge is 0.311 e. The molecule has 0 aliphatic carbocycles. The van der Waals surface area contributed by atoms with Gasteiger partial charge in [0.05, 0.1) is 5.69 Å². The first-order chi connectivity index (χ1) is 10.8. The van der Waals surface area contributed by atoms with Gasteiger partial charge >= 0.3 is 0 Å². The van der Waals surface area contributed by atoms with Crippen LogP contribution < -0.4 is 10.4 Å². The Balaban J connectivity index is 2.13. The molecule has 0 radical (unpaired) electrons. The summed E-state index contributed by atoms with van der Waals surface area (Å²) in [7, 11) is 1.91. The van der Waals surface area contributed by atoms with Gasteiger partial charge in [-0.1, -0.05) is 30.3 Å². The number of carbonyl (C=O) groups is 2. The summed E-state index contributed by atoms with van der Waals surface area (Å²) in [6.07, 6.45) is 0. The van der Waals surface area contributed by atoms with Gasteiger partial charge in [-0.05, 0) is 45.0 Å². The van der Waals surface area contributed by atoms with Crippen molar-refractivity contribution in [1.82, 2.24) is 5.43 Å². The lowest BCUT2D eigenvalue weighted by Crippen LogP contribution is -2.47. The minimum atomic E-state index is -0.491. The molecule has 0 heterocycles. The highest BCUT2D eigenvalue weighted by Crippen LogP contribution is 2.16. The summed E-state index contributed by atoms with van der Waals surface area (Å²) in [6, 6.07) is 15.6. The minimum Gasteiger partial charge on any atom is -0.311 e. The smallest absolute Gasteiger partial charge is 0.233 e. The summed E-state index contributed by atoms with van der Waals surface area (Å²) in [5.74, 6) is -0.978. The van der Waals surface area contributed by atoms with E-state index >= 15 is 0 Å². The van der Waals surface area contributed by atoms with Gasteiger partial charge < -0.3 is 5.01 Å². The zero-order chi connectivity index (χ0) is 17.0. The van der Waals surface area contributed by atoms with Crippen LogP contribution >= 0.6 is 0 Å². The summed E-state index contributed by atoms with van der Waals surface area (Å²) < 4.78 is 0. The molecule has 0 atom stereocenters. The van der Waals surface area contributed by atoms with E-state index in [1.807, 2.05) is 30.3 Å². The number of benzene rings is 2. The number of hydrogen-bond donors (Lipinski definition) is 1. The Morgan fingerprint density at radius 2 is 1.30 bits per heavy atom. The molecule has 0 saturated carbocycles. The molecule has 2 aromatic rings. The van der Waals surface area contributed by atoms with Crippen molar-refractivity contribution < 1.29 is 9.59 Å². The predicted octanol–water partition coefficient (Wildman–Crippen LogP) is 3.49. The van der Waals surface area contributed by atoms with Gasteiger partial charge in [-0.15, -0.1) is 0 Å². The van der Waals surface area contributed by atoms with E-state index in [2.05, 4.69) is 26.2 Å². The van der Waals surface area contributed by atoms with E-state index in [4.69, 9.17) is 0 Å². The fourth-order valence-corrected chi connectivity index (χ4v) is 2.26. The van der Waals surface area contributed by atoms with Crippen LogP contribution in [0.4, 0.5) is 5.69 Å². The topological polar surface area (TPSA) is 49.4 Å². The van der Waals surface area contributed by atoms with Crippen LogP contribution in [0, 0.1) is 0 Å². The number of hydrogen-bond acceptors (Lipinski definition) is 4. The Bertz CT molecular complexity index is 686. The molecular weight excluding hydrogens is 288 g/mol. The van der Waals surface area contributed by atoms with Crippen molar-refractivity contribution in [2.45, 2.75) is 26.3 Å². The lowest BCUT2D eigenvalue weighted by atomic mass is 10.0. The molecule has 0 aliphatic heterocycles. The average molecular weight is 310 g/mol. The van der Waals surface area contributed by atoms with Crippen LogP contribution in [-0.4, -0.2) is 24.2 Å². The fourth-order valence-electron chi connectivity index (χ4n) is 2.26. The second kappa shape index (κ2) is 6.75. The highest BCUT2D eigenvalue weighted by atomic mass is 16.2. The van der Waals surface area contributed by atoms with Crippen LogP contribution in [-0.2, 0) is 0 Å². The van der Waals surface area contributed by atoms with Crippen molar-refractivity contribution in [3.63, 3.8) is 0 Å². The Morgan fingerprint density at radius 1 is 0.826 bits per heavy atom. The Morgan fingerprint density at radius 3 is 1.78 bits per heavy atom. The molecule has 23 heavy (non-hydrogen) atoms. The molecule has 0 amide bonds. The first-order valence-corrected chi connectivity index (χ1v) is 7.53. The number of hydrazine groups is 1. The Kier molecular flexibility index (Phi) is 4.96. The molecular formula is C19H22N2O2. The molecule has 1 N–H and O–H groups in total. The Hall–Kier alpha value is -2.46. The van der Waals surface area contributed by atoms with Crippen molar-refractivity contribution in [2.24, 2.45) is 0 Å². The maximum Gasteiger partial charge on any atom is 0.233 e. The molecule has 0 bridgehead atoms. The van der Waals surface area contributed by atoms with E-state index in [0.717, 1.165) is 5.69 Å². The van der Waals surface area contributed by atoms with Gasteiger partial charge in [-0.25, -0.2) is 5.43 Å². The fraction of sp³-hybridized carbons (Fsp3) is 0.263. The minimum absolute atomic E-state index is 0.0630. The summed E-state index contributed by atoms with van der Waals surface area (Å²) >= 11 is 0. The summed E-state index contributed by atoms with van der Waals surface area (Å²) in [4.78, 5) is 24.5. The van der Waals surface area contributed by atoms with E-state index in [1.54, 1.807) is 36.4 Å². The second-order valence-corrected chi connectivity index (χ2v) is 6.49. The lowest BCUT2D eigenvalue weighted by Gasteiger charge is -2.30. The monoisotopic (exact) mass is 310 g/mol. The van der Waals surface area contributed by atoms with Crippen LogP contribution in [0.5, 0.6) is 0 Å². The predicted molar refractivity (Wildman–Crippen MR) is 92.8 cm³/mol. The van der Waals surface area contributed by atoms with Crippen LogP contribution in [0.3, 0.4) is 0 Å². The SMILES string of the molecule is CN(NC(C)(C)C)c1ccc(C(=O)C(=O)c2ccccc2)cc1. The van der Waals surface area contributed by atoms with Crippen molar-refractivity contribution in [3.8, 4) is 0 Å². The number of rotatable bonds is 5. The molecule has 0 fully saturated rings. The molecule has 0 unspecified atom stereocenters. The molecule has 4 heteroatoms. The van der Waals surface area contributed by atoms with Gasteiger partial charge in [0.1, 0.15) is 0 Å². The van der Waals surface area contributed by atoms with Crippen LogP contribution in [0.15, 0.2) is 54.6 Å². The number of Topliss-reactive ketones (excluding diaryl/α,β-unsaturated/α-hetero) is 2. The maximum atomic E-state index is 12.3. The van der Waals surface area contributed by atoms with Gasteiger partial charge in [0, 0.05) is 23.7 Å². The number of anilines is 1. The summed E-state index contributed by atoms with van der Waals surface area (Å²) in [6.45, 7) is 6.21. The first kappa shape index (κ1) is 16.9. The van der Waals surface area contributed by atoms with Gasteiger partial charge in [-0.2, -0.15) is 0 Å². The molecule has 2 rings (SSSR count). The third-order valence-electron chi connectivity index (χ3n) is 3.26. The van der Waals surface area contributed by atoms with E-state index in [9.17, 15) is 9.59 Å². The first-order valence-electron chi connectivity index (χ1n) is 7.53. The second-order valence-electron chi connectivity index (χ2n) is 6.49. The molecule has 0 spiro atoms. The van der Waals surface area contributed by atoms with Gasteiger partial charge in [0.25, 0.3) is 0 Å². The Labute approximate surface area is 137 Å². The summed E-state index contributed by atoms with van der Waals surface area (Å²) in [5.41, 5.74) is 4.98. The standard InChI is InChI=1S/C19H22N2O2/c1-19(2,3)20-21(4)16-12-10-15(11-13-16)18(23)17(22)14-8-6-5-7-9-14/h5-13,20H,1-4H3. The van der Waals surface area contributed by atoms with Gasteiger partial charge in [0.2, 0.25) is 11.6 Å². The van der Waals surface area contributed by atoms with Crippen molar-refractivity contribution in [3.05, 3.63) is 65.7 Å². The molecule has 0 aromatic heterocycles. The van der Waals surface area contributed by atoms with E-state index in [-0.39, 0.29) is 5.54 Å². The van der Waals surface area contributed by atoms with E-state index in [0.29, 0.717) is 11.1 Å². The van der Waals surface area contributed by atoms with E-state index < -0.39 is 11.6 Å². The molecule has 0 aliphatic rings. The normalized spacial score (nSPS) is 11.1. The van der Waals surface area contributed by atoms with Gasteiger partial charge in [0.15, 0.2) is 0 Å². The third-order valence-corrected chi connectivity index (χ3v) is 3.26. The summed E-state index contributed by atoms with van der Waals surface area (Å²) in [5, 5.41) is 1.90.